The minimum Gasteiger partial charge on any atom is -0.444 e. The number of carbonyl (C=O) groups excluding carboxylic acids is 2. The maximum atomic E-state index is 13.8. The second kappa shape index (κ2) is 8.70. The van der Waals surface area contributed by atoms with Gasteiger partial charge in [0.05, 0.1) is 6.54 Å². The number of halogens is 2. The molecule has 2 atom stereocenters. The van der Waals surface area contributed by atoms with Crippen molar-refractivity contribution in [2.45, 2.75) is 64.3 Å². The summed E-state index contributed by atoms with van der Waals surface area (Å²) in [5, 5.41) is 3.68. The lowest BCUT2D eigenvalue weighted by Gasteiger charge is -2.36. The topological polar surface area (TPSA) is 58.6 Å². The third-order valence-corrected chi connectivity index (χ3v) is 3.76. The fourth-order valence-electron chi connectivity index (χ4n) is 2.30. The molecule has 2 amide bonds. The summed E-state index contributed by atoms with van der Waals surface area (Å²) in [6, 6.07) is -0.354. The van der Waals surface area contributed by atoms with E-state index < -0.39 is 17.9 Å². The Morgan fingerprint density at radius 2 is 2.00 bits per heavy atom. The molecular weight excluding hydrogens is 355 g/mol. The molecular formula is C15H26BrFN2O3. The molecule has 0 aromatic heterocycles. The van der Waals surface area contributed by atoms with Crippen molar-refractivity contribution in [1.82, 2.24) is 10.2 Å². The lowest BCUT2D eigenvalue weighted by atomic mass is 10.0. The van der Waals surface area contributed by atoms with Crippen molar-refractivity contribution in [3.8, 4) is 0 Å². The molecule has 1 saturated heterocycles. The van der Waals surface area contributed by atoms with E-state index in [0.717, 1.165) is 18.2 Å². The van der Waals surface area contributed by atoms with Crippen molar-refractivity contribution in [3.63, 3.8) is 0 Å². The van der Waals surface area contributed by atoms with E-state index in [1.165, 1.54) is 4.90 Å². The van der Waals surface area contributed by atoms with Crippen LogP contribution in [-0.4, -0.2) is 53.1 Å². The van der Waals surface area contributed by atoms with Gasteiger partial charge in [-0.1, -0.05) is 15.9 Å². The monoisotopic (exact) mass is 380 g/mol. The minimum absolute atomic E-state index is 0.0187. The van der Waals surface area contributed by atoms with Gasteiger partial charge in [-0.2, -0.15) is 0 Å². The fraction of sp³-hybridized carbons (Fsp3) is 0.867. The SMILES string of the molecule is CC(C)(C)OC(=O)N1C[C@@H](F)C[C@@H](NC(=O)CCCCBr)C1. The first-order valence-electron chi connectivity index (χ1n) is 7.68. The predicted molar refractivity (Wildman–Crippen MR) is 86.9 cm³/mol. The first-order valence-corrected chi connectivity index (χ1v) is 8.80. The number of ether oxygens (including phenoxy) is 1. The number of nitrogens with one attached hydrogen (secondary N) is 1. The normalized spacial score (nSPS) is 22.3. The summed E-state index contributed by atoms with van der Waals surface area (Å²) in [6.07, 6.45) is 0.698. The molecule has 0 spiro atoms. The highest BCUT2D eigenvalue weighted by Crippen LogP contribution is 2.18. The van der Waals surface area contributed by atoms with E-state index in [2.05, 4.69) is 21.2 Å². The van der Waals surface area contributed by atoms with Crippen LogP contribution in [-0.2, 0) is 9.53 Å². The van der Waals surface area contributed by atoms with Gasteiger partial charge < -0.3 is 15.0 Å². The molecule has 1 N–H and O–H groups in total. The summed E-state index contributed by atoms with van der Waals surface area (Å²) in [6.45, 7) is 5.62. The van der Waals surface area contributed by atoms with Gasteiger partial charge in [-0.25, -0.2) is 9.18 Å². The number of alkyl halides is 2. The number of unbranched alkanes of at least 4 members (excludes halogenated alkanes) is 1. The zero-order chi connectivity index (χ0) is 16.8. The van der Waals surface area contributed by atoms with Crippen LogP contribution in [0.2, 0.25) is 0 Å². The van der Waals surface area contributed by atoms with Crippen molar-refractivity contribution in [3.05, 3.63) is 0 Å². The standard InChI is InChI=1S/C15H26BrFN2O3/c1-15(2,3)22-14(21)19-9-11(17)8-12(10-19)18-13(20)6-4-5-7-16/h11-12H,4-10H2,1-3H3,(H,18,20)/t11-,12+/m0/s1. The van der Waals surface area contributed by atoms with Crippen molar-refractivity contribution < 1.29 is 18.7 Å². The quantitative estimate of drug-likeness (QED) is 0.588. The number of hydrogen-bond donors (Lipinski definition) is 1. The third-order valence-electron chi connectivity index (χ3n) is 3.20. The molecule has 128 valence electrons. The Labute approximate surface area is 140 Å². The van der Waals surface area contributed by atoms with Gasteiger partial charge in [-0.15, -0.1) is 0 Å². The van der Waals surface area contributed by atoms with Crippen LogP contribution in [0.25, 0.3) is 0 Å². The van der Waals surface area contributed by atoms with Gasteiger partial charge in [-0.3, -0.25) is 4.79 Å². The Hall–Kier alpha value is -0.850. The number of nitrogens with zero attached hydrogens (tertiary/aromatic N) is 1. The number of hydrogen-bond acceptors (Lipinski definition) is 3. The zero-order valence-corrected chi connectivity index (χ0v) is 15.1. The fourth-order valence-corrected chi connectivity index (χ4v) is 2.69. The third kappa shape index (κ3) is 7.42. The smallest absolute Gasteiger partial charge is 0.410 e. The molecule has 0 aromatic carbocycles. The average Bonchev–Trinajstić information content (AvgIpc) is 2.36. The predicted octanol–water partition coefficient (Wildman–Crippen LogP) is 3.02. The van der Waals surface area contributed by atoms with E-state index in [4.69, 9.17) is 4.74 Å². The maximum absolute atomic E-state index is 13.8. The second-order valence-corrected chi connectivity index (χ2v) is 7.42. The van der Waals surface area contributed by atoms with Crippen LogP contribution in [0.3, 0.4) is 0 Å². The van der Waals surface area contributed by atoms with Crippen molar-refractivity contribution in [1.29, 1.82) is 0 Å². The average molecular weight is 381 g/mol. The van der Waals surface area contributed by atoms with Crippen molar-refractivity contribution in [2.24, 2.45) is 0 Å². The number of rotatable bonds is 5. The Morgan fingerprint density at radius 3 is 2.59 bits per heavy atom. The molecule has 1 fully saturated rings. The highest BCUT2D eigenvalue weighted by atomic mass is 79.9. The second-order valence-electron chi connectivity index (χ2n) is 6.63. The molecule has 0 bridgehead atoms. The Morgan fingerprint density at radius 1 is 1.32 bits per heavy atom. The van der Waals surface area contributed by atoms with Crippen LogP contribution < -0.4 is 5.32 Å². The zero-order valence-electron chi connectivity index (χ0n) is 13.5. The Balaban J connectivity index is 2.49. The summed E-state index contributed by atoms with van der Waals surface area (Å²) in [7, 11) is 0. The molecule has 7 heteroatoms. The highest BCUT2D eigenvalue weighted by Gasteiger charge is 2.33. The van der Waals surface area contributed by atoms with Gasteiger partial charge in [0.1, 0.15) is 11.8 Å². The largest absolute Gasteiger partial charge is 0.444 e. The van der Waals surface area contributed by atoms with Crippen LogP contribution in [0.1, 0.15) is 46.5 Å². The van der Waals surface area contributed by atoms with E-state index in [0.29, 0.717) is 13.0 Å². The van der Waals surface area contributed by atoms with Crippen LogP contribution in [0.5, 0.6) is 0 Å². The number of piperidine rings is 1. The molecule has 0 aromatic rings. The molecule has 1 heterocycles. The summed E-state index contributed by atoms with van der Waals surface area (Å²) in [5.74, 6) is -0.0933. The number of carbonyl (C=O) groups is 2. The van der Waals surface area contributed by atoms with Gasteiger partial charge in [0.15, 0.2) is 0 Å². The van der Waals surface area contributed by atoms with Crippen LogP contribution >= 0.6 is 15.9 Å². The molecule has 1 aliphatic rings. The minimum atomic E-state index is -1.14. The Bertz CT molecular complexity index is 387. The summed E-state index contributed by atoms with van der Waals surface area (Å²) < 4.78 is 19.1. The lowest BCUT2D eigenvalue weighted by molar-refractivity contribution is -0.122. The molecule has 0 unspecified atom stereocenters. The van der Waals surface area contributed by atoms with Crippen LogP contribution in [0, 0.1) is 0 Å². The van der Waals surface area contributed by atoms with Gasteiger partial charge in [0, 0.05) is 30.8 Å². The van der Waals surface area contributed by atoms with Crippen LogP contribution in [0.15, 0.2) is 0 Å². The molecule has 5 nitrogen and oxygen atoms in total. The molecule has 1 rings (SSSR count). The molecule has 0 radical (unpaired) electrons. The van der Waals surface area contributed by atoms with Gasteiger partial charge in [0.2, 0.25) is 5.91 Å². The van der Waals surface area contributed by atoms with Crippen molar-refractivity contribution >= 4 is 27.9 Å². The maximum Gasteiger partial charge on any atom is 0.410 e. The summed E-state index contributed by atoms with van der Waals surface area (Å²) in [4.78, 5) is 25.2. The number of likely N-dealkylation sites (tertiary alicyclic amines) is 1. The summed E-state index contributed by atoms with van der Waals surface area (Å²) in [5.41, 5.74) is -0.616. The summed E-state index contributed by atoms with van der Waals surface area (Å²) >= 11 is 3.31. The first-order chi connectivity index (χ1) is 10.2. The van der Waals surface area contributed by atoms with E-state index in [1.807, 2.05) is 0 Å². The van der Waals surface area contributed by atoms with E-state index in [1.54, 1.807) is 20.8 Å². The van der Waals surface area contributed by atoms with Gasteiger partial charge in [-0.05, 0) is 33.6 Å². The van der Waals surface area contributed by atoms with Crippen molar-refractivity contribution in [2.75, 3.05) is 18.4 Å². The number of amides is 2. The Kier molecular flexibility index (Phi) is 7.59. The molecule has 22 heavy (non-hydrogen) atoms. The molecule has 1 aliphatic heterocycles. The van der Waals surface area contributed by atoms with Crippen LogP contribution in [0.4, 0.5) is 9.18 Å². The highest BCUT2D eigenvalue weighted by molar-refractivity contribution is 9.09. The molecule has 0 aliphatic carbocycles. The van der Waals surface area contributed by atoms with E-state index in [-0.39, 0.29) is 24.9 Å². The first kappa shape index (κ1) is 19.2. The van der Waals surface area contributed by atoms with Gasteiger partial charge >= 0.3 is 6.09 Å². The lowest BCUT2D eigenvalue weighted by Crippen LogP contribution is -2.54. The molecule has 0 saturated carbocycles. The van der Waals surface area contributed by atoms with Gasteiger partial charge in [0.25, 0.3) is 0 Å². The van der Waals surface area contributed by atoms with E-state index >= 15 is 0 Å². The van der Waals surface area contributed by atoms with E-state index in [9.17, 15) is 14.0 Å².